The zero-order chi connectivity index (χ0) is 13.7. The molecule has 0 bridgehead atoms. The van der Waals surface area contributed by atoms with E-state index in [9.17, 15) is 9.90 Å². The summed E-state index contributed by atoms with van der Waals surface area (Å²) in [5.41, 5.74) is 1.60. The van der Waals surface area contributed by atoms with E-state index in [4.69, 9.17) is 4.74 Å². The van der Waals surface area contributed by atoms with Gasteiger partial charge in [-0.3, -0.25) is 4.79 Å². The van der Waals surface area contributed by atoms with E-state index in [1.54, 1.807) is 13.0 Å². The topological polar surface area (TPSA) is 58.6 Å². The van der Waals surface area contributed by atoms with E-state index in [0.717, 1.165) is 5.56 Å². The third-order valence-electron chi connectivity index (χ3n) is 2.56. The molecule has 0 aromatic heterocycles. The van der Waals surface area contributed by atoms with Crippen molar-refractivity contribution in [2.75, 3.05) is 0 Å². The maximum Gasteiger partial charge on any atom is 0.260 e. The van der Waals surface area contributed by atoms with Crippen molar-refractivity contribution >= 4 is 5.91 Å². The second-order valence-electron chi connectivity index (χ2n) is 4.64. The SMILES string of the molecule is Cc1cccc(CO)c1OC(C)C(=O)NC(C)C. The first-order valence-electron chi connectivity index (χ1n) is 6.12. The molecular weight excluding hydrogens is 230 g/mol. The molecule has 0 heterocycles. The normalized spacial score (nSPS) is 12.3. The third-order valence-corrected chi connectivity index (χ3v) is 2.56. The van der Waals surface area contributed by atoms with Gasteiger partial charge in [-0.1, -0.05) is 18.2 Å². The first-order chi connectivity index (χ1) is 8.45. The molecule has 0 fully saturated rings. The summed E-state index contributed by atoms with van der Waals surface area (Å²) in [6, 6.07) is 5.61. The van der Waals surface area contributed by atoms with E-state index in [0.29, 0.717) is 11.3 Å². The third kappa shape index (κ3) is 3.74. The Balaban J connectivity index is 2.81. The van der Waals surface area contributed by atoms with E-state index >= 15 is 0 Å². The molecule has 1 amide bonds. The van der Waals surface area contributed by atoms with Crippen LogP contribution < -0.4 is 10.1 Å². The molecule has 2 N–H and O–H groups in total. The molecule has 0 saturated heterocycles. The van der Waals surface area contributed by atoms with Crippen LogP contribution in [0.4, 0.5) is 0 Å². The highest BCUT2D eigenvalue weighted by Crippen LogP contribution is 2.24. The van der Waals surface area contributed by atoms with Crippen molar-refractivity contribution in [3.63, 3.8) is 0 Å². The number of nitrogens with one attached hydrogen (secondary N) is 1. The van der Waals surface area contributed by atoms with Gasteiger partial charge in [0.15, 0.2) is 6.10 Å². The minimum Gasteiger partial charge on any atom is -0.480 e. The summed E-state index contributed by atoms with van der Waals surface area (Å²) in [5.74, 6) is 0.434. The number of aliphatic hydroxyl groups is 1. The maximum atomic E-state index is 11.8. The lowest BCUT2D eigenvalue weighted by molar-refractivity contribution is -0.127. The predicted octanol–water partition coefficient (Wildman–Crippen LogP) is 1.78. The molecule has 0 radical (unpaired) electrons. The number of carbonyl (C=O) groups is 1. The number of aliphatic hydroxyl groups excluding tert-OH is 1. The smallest absolute Gasteiger partial charge is 0.260 e. The van der Waals surface area contributed by atoms with Gasteiger partial charge in [-0.2, -0.15) is 0 Å². The highest BCUT2D eigenvalue weighted by atomic mass is 16.5. The van der Waals surface area contributed by atoms with Crippen LogP contribution in [0.1, 0.15) is 31.9 Å². The van der Waals surface area contributed by atoms with Gasteiger partial charge in [-0.25, -0.2) is 0 Å². The molecule has 1 unspecified atom stereocenters. The summed E-state index contributed by atoms with van der Waals surface area (Å²) in [7, 11) is 0. The summed E-state index contributed by atoms with van der Waals surface area (Å²) in [4.78, 5) is 11.8. The average molecular weight is 251 g/mol. The van der Waals surface area contributed by atoms with Crippen LogP contribution in [-0.4, -0.2) is 23.2 Å². The molecular formula is C14H21NO3. The Kier molecular flexibility index (Phi) is 5.16. The van der Waals surface area contributed by atoms with Crippen LogP contribution in [0.2, 0.25) is 0 Å². The highest BCUT2D eigenvalue weighted by molar-refractivity contribution is 5.81. The number of rotatable bonds is 5. The van der Waals surface area contributed by atoms with Crippen molar-refractivity contribution in [3.8, 4) is 5.75 Å². The van der Waals surface area contributed by atoms with Crippen molar-refractivity contribution in [1.29, 1.82) is 0 Å². The number of benzene rings is 1. The van der Waals surface area contributed by atoms with Gasteiger partial charge in [0.05, 0.1) is 6.61 Å². The van der Waals surface area contributed by atoms with Gasteiger partial charge in [-0.15, -0.1) is 0 Å². The molecule has 0 saturated carbocycles. The monoisotopic (exact) mass is 251 g/mol. The van der Waals surface area contributed by atoms with E-state index < -0.39 is 6.10 Å². The lowest BCUT2D eigenvalue weighted by Crippen LogP contribution is -2.40. The van der Waals surface area contributed by atoms with Gasteiger partial charge in [0.1, 0.15) is 5.75 Å². The minimum absolute atomic E-state index is 0.0812. The largest absolute Gasteiger partial charge is 0.480 e. The van der Waals surface area contributed by atoms with E-state index in [1.165, 1.54) is 0 Å². The second-order valence-corrected chi connectivity index (χ2v) is 4.64. The number of amides is 1. The van der Waals surface area contributed by atoms with Gasteiger partial charge in [0.2, 0.25) is 0 Å². The van der Waals surface area contributed by atoms with Crippen molar-refractivity contribution in [2.45, 2.75) is 46.4 Å². The standard InChI is InChI=1S/C14H21NO3/c1-9(2)15-14(17)11(4)18-13-10(3)6-5-7-12(13)8-16/h5-7,9,11,16H,8H2,1-4H3,(H,15,17). The Morgan fingerprint density at radius 1 is 1.39 bits per heavy atom. The van der Waals surface area contributed by atoms with Crippen molar-refractivity contribution in [3.05, 3.63) is 29.3 Å². The lowest BCUT2D eigenvalue weighted by Gasteiger charge is -2.19. The Hall–Kier alpha value is -1.55. The molecule has 0 aliphatic rings. The Morgan fingerprint density at radius 3 is 2.61 bits per heavy atom. The average Bonchev–Trinajstić information content (AvgIpc) is 2.30. The van der Waals surface area contributed by atoms with E-state index in [-0.39, 0.29) is 18.6 Å². The summed E-state index contributed by atoms with van der Waals surface area (Å²) < 4.78 is 5.66. The van der Waals surface area contributed by atoms with Crippen LogP contribution in [0, 0.1) is 6.92 Å². The molecule has 0 aliphatic heterocycles. The summed E-state index contributed by atoms with van der Waals surface area (Å²) in [6.07, 6.45) is -0.584. The van der Waals surface area contributed by atoms with Gasteiger partial charge < -0.3 is 15.2 Å². The number of hydrogen-bond acceptors (Lipinski definition) is 3. The van der Waals surface area contributed by atoms with Gasteiger partial charge in [0.25, 0.3) is 5.91 Å². The van der Waals surface area contributed by atoms with Crippen LogP contribution in [0.15, 0.2) is 18.2 Å². The highest BCUT2D eigenvalue weighted by Gasteiger charge is 2.17. The van der Waals surface area contributed by atoms with Gasteiger partial charge in [-0.05, 0) is 33.3 Å². The molecule has 4 heteroatoms. The van der Waals surface area contributed by atoms with Crippen LogP contribution in [0.25, 0.3) is 0 Å². The number of ether oxygens (including phenoxy) is 1. The van der Waals surface area contributed by atoms with Crippen LogP contribution >= 0.6 is 0 Å². The number of carbonyl (C=O) groups excluding carboxylic acids is 1. The predicted molar refractivity (Wildman–Crippen MR) is 70.5 cm³/mol. The van der Waals surface area contributed by atoms with Crippen LogP contribution in [-0.2, 0) is 11.4 Å². The summed E-state index contributed by atoms with van der Waals surface area (Å²) in [6.45, 7) is 7.29. The van der Waals surface area contributed by atoms with Crippen LogP contribution in [0.3, 0.4) is 0 Å². The van der Waals surface area contributed by atoms with E-state index in [1.807, 2.05) is 32.9 Å². The zero-order valence-corrected chi connectivity index (χ0v) is 11.4. The summed E-state index contributed by atoms with van der Waals surface area (Å²) in [5, 5.41) is 12.1. The number of para-hydroxylation sites is 1. The molecule has 1 rings (SSSR count). The molecule has 0 aliphatic carbocycles. The minimum atomic E-state index is -0.584. The fourth-order valence-corrected chi connectivity index (χ4v) is 1.64. The zero-order valence-electron chi connectivity index (χ0n) is 11.4. The lowest BCUT2D eigenvalue weighted by atomic mass is 10.1. The molecule has 1 aromatic rings. The first-order valence-corrected chi connectivity index (χ1v) is 6.12. The molecule has 0 spiro atoms. The van der Waals surface area contributed by atoms with Crippen molar-refractivity contribution in [2.24, 2.45) is 0 Å². The maximum absolute atomic E-state index is 11.8. The number of aryl methyl sites for hydroxylation is 1. The first kappa shape index (κ1) is 14.5. The number of hydrogen-bond donors (Lipinski definition) is 2. The van der Waals surface area contributed by atoms with E-state index in [2.05, 4.69) is 5.32 Å². The summed E-state index contributed by atoms with van der Waals surface area (Å²) >= 11 is 0. The Labute approximate surface area is 108 Å². The Bertz CT molecular complexity index is 416. The quantitative estimate of drug-likeness (QED) is 0.838. The molecule has 100 valence electrons. The molecule has 4 nitrogen and oxygen atoms in total. The van der Waals surface area contributed by atoms with Crippen LogP contribution in [0.5, 0.6) is 5.75 Å². The van der Waals surface area contributed by atoms with Crippen molar-refractivity contribution in [1.82, 2.24) is 5.32 Å². The molecule has 1 aromatic carbocycles. The second kappa shape index (κ2) is 6.40. The van der Waals surface area contributed by atoms with Gasteiger partial charge in [0, 0.05) is 11.6 Å². The Morgan fingerprint density at radius 2 is 2.06 bits per heavy atom. The molecule has 1 atom stereocenters. The fourth-order valence-electron chi connectivity index (χ4n) is 1.64. The fraction of sp³-hybridized carbons (Fsp3) is 0.500. The van der Waals surface area contributed by atoms with Gasteiger partial charge >= 0.3 is 0 Å². The molecule has 18 heavy (non-hydrogen) atoms. The van der Waals surface area contributed by atoms with Crippen molar-refractivity contribution < 1.29 is 14.6 Å².